The van der Waals surface area contributed by atoms with Gasteiger partial charge in [0, 0.05) is 19.6 Å². The fraction of sp³-hybridized carbons (Fsp3) is 0.833. The third-order valence-corrected chi connectivity index (χ3v) is 1.64. The molecule has 0 saturated carbocycles. The molecular formula is C6H15N3O. The molecule has 4 nitrogen and oxygen atoms in total. The molecule has 0 aromatic carbocycles. The van der Waals surface area contributed by atoms with Gasteiger partial charge < -0.3 is 16.4 Å². The summed E-state index contributed by atoms with van der Waals surface area (Å²) >= 11 is 0. The first-order valence-corrected chi connectivity index (χ1v) is 3.35. The Kier molecular flexibility index (Phi) is 3.79. The summed E-state index contributed by atoms with van der Waals surface area (Å²) in [6.07, 6.45) is 0.843. The summed E-state index contributed by atoms with van der Waals surface area (Å²) in [6.45, 7) is 2.44. The molecule has 0 aromatic heterocycles. The van der Waals surface area contributed by atoms with E-state index in [1.807, 2.05) is 6.92 Å². The van der Waals surface area contributed by atoms with Crippen LogP contribution in [-0.4, -0.2) is 30.6 Å². The Labute approximate surface area is 61.2 Å². The number of rotatable bonds is 3. The van der Waals surface area contributed by atoms with E-state index < -0.39 is 6.03 Å². The van der Waals surface area contributed by atoms with Crippen molar-refractivity contribution in [2.45, 2.75) is 19.4 Å². The van der Waals surface area contributed by atoms with Crippen LogP contribution in [0.2, 0.25) is 0 Å². The van der Waals surface area contributed by atoms with Gasteiger partial charge in [0.25, 0.3) is 0 Å². The van der Waals surface area contributed by atoms with E-state index in [-0.39, 0.29) is 6.04 Å². The van der Waals surface area contributed by atoms with Crippen LogP contribution in [-0.2, 0) is 0 Å². The largest absolute Gasteiger partial charge is 0.351 e. The predicted octanol–water partition coefficient (Wildman–Crippen LogP) is -0.266. The first-order chi connectivity index (χ1) is 4.63. The molecule has 0 aliphatic carbocycles. The summed E-state index contributed by atoms with van der Waals surface area (Å²) in [7, 11) is 1.66. The van der Waals surface area contributed by atoms with Gasteiger partial charge in [0.15, 0.2) is 0 Å². The molecule has 0 saturated heterocycles. The van der Waals surface area contributed by atoms with Gasteiger partial charge in [0.1, 0.15) is 0 Å². The fourth-order valence-electron chi connectivity index (χ4n) is 0.779. The Balaban J connectivity index is 3.88. The van der Waals surface area contributed by atoms with Gasteiger partial charge in [-0.3, -0.25) is 0 Å². The number of urea groups is 1. The highest BCUT2D eigenvalue weighted by Gasteiger charge is 2.12. The molecule has 0 rings (SSSR count). The molecule has 1 atom stereocenters. The van der Waals surface area contributed by atoms with Crippen LogP contribution in [0.5, 0.6) is 0 Å². The lowest BCUT2D eigenvalue weighted by Gasteiger charge is -2.23. The van der Waals surface area contributed by atoms with Crippen molar-refractivity contribution in [2.24, 2.45) is 11.5 Å². The molecule has 0 heterocycles. The van der Waals surface area contributed by atoms with Crippen molar-refractivity contribution in [3.05, 3.63) is 0 Å². The smallest absolute Gasteiger partial charge is 0.314 e. The van der Waals surface area contributed by atoms with Crippen molar-refractivity contribution >= 4 is 6.03 Å². The minimum atomic E-state index is -0.419. The van der Waals surface area contributed by atoms with Crippen LogP contribution in [0, 0.1) is 0 Å². The topological polar surface area (TPSA) is 72.3 Å². The molecule has 0 aliphatic rings. The summed E-state index contributed by atoms with van der Waals surface area (Å²) in [4.78, 5) is 12.0. The number of nitrogens with zero attached hydrogens (tertiary/aromatic N) is 1. The number of hydrogen-bond donors (Lipinski definition) is 2. The van der Waals surface area contributed by atoms with Crippen LogP contribution in [0.4, 0.5) is 4.79 Å². The van der Waals surface area contributed by atoms with Gasteiger partial charge in [-0.1, -0.05) is 6.92 Å². The number of carbonyl (C=O) groups is 1. The van der Waals surface area contributed by atoms with Crippen molar-refractivity contribution in [3.8, 4) is 0 Å². The molecule has 2 amide bonds. The monoisotopic (exact) mass is 145 g/mol. The predicted molar refractivity (Wildman–Crippen MR) is 40.5 cm³/mol. The lowest BCUT2D eigenvalue weighted by molar-refractivity contribution is 0.199. The highest BCUT2D eigenvalue weighted by atomic mass is 16.2. The van der Waals surface area contributed by atoms with Gasteiger partial charge in [-0.2, -0.15) is 0 Å². The minimum absolute atomic E-state index is 0.0810. The van der Waals surface area contributed by atoms with Gasteiger partial charge in [0.2, 0.25) is 0 Å². The second kappa shape index (κ2) is 4.11. The third-order valence-electron chi connectivity index (χ3n) is 1.64. The zero-order valence-electron chi connectivity index (χ0n) is 6.50. The van der Waals surface area contributed by atoms with Crippen LogP contribution in [0.25, 0.3) is 0 Å². The summed E-state index contributed by atoms with van der Waals surface area (Å²) in [6, 6.07) is -0.338. The average molecular weight is 145 g/mol. The van der Waals surface area contributed by atoms with Gasteiger partial charge in [-0.25, -0.2) is 4.79 Å². The van der Waals surface area contributed by atoms with E-state index in [0.717, 1.165) is 6.42 Å². The van der Waals surface area contributed by atoms with E-state index in [2.05, 4.69) is 0 Å². The quantitative estimate of drug-likeness (QED) is 0.574. The molecule has 0 fully saturated rings. The van der Waals surface area contributed by atoms with E-state index in [4.69, 9.17) is 11.5 Å². The minimum Gasteiger partial charge on any atom is -0.351 e. The molecule has 4 N–H and O–H groups in total. The van der Waals surface area contributed by atoms with Gasteiger partial charge in [0.05, 0.1) is 0 Å². The van der Waals surface area contributed by atoms with E-state index in [9.17, 15) is 4.79 Å². The van der Waals surface area contributed by atoms with Crippen molar-refractivity contribution < 1.29 is 4.79 Å². The Morgan fingerprint density at radius 3 is 2.30 bits per heavy atom. The van der Waals surface area contributed by atoms with E-state index in [1.165, 1.54) is 4.90 Å². The van der Waals surface area contributed by atoms with Crippen LogP contribution in [0.15, 0.2) is 0 Å². The molecule has 4 heteroatoms. The normalized spacial score (nSPS) is 12.7. The highest BCUT2D eigenvalue weighted by molar-refractivity contribution is 5.72. The Morgan fingerprint density at radius 1 is 1.70 bits per heavy atom. The maximum absolute atomic E-state index is 10.6. The number of carbonyl (C=O) groups excluding carboxylic acids is 1. The first kappa shape index (κ1) is 9.23. The summed E-state index contributed by atoms with van der Waals surface area (Å²) in [5.74, 6) is 0. The Hall–Kier alpha value is -0.770. The highest BCUT2D eigenvalue weighted by Crippen LogP contribution is 1.97. The second-order valence-corrected chi connectivity index (χ2v) is 2.25. The zero-order valence-corrected chi connectivity index (χ0v) is 6.50. The van der Waals surface area contributed by atoms with Crippen molar-refractivity contribution in [1.29, 1.82) is 0 Å². The number of primary amides is 1. The number of likely N-dealkylation sites (N-methyl/N-ethyl adjacent to an activating group) is 1. The standard InChI is InChI=1S/C6H15N3O/c1-3-5(4-7)9(2)6(8)10/h5H,3-4,7H2,1-2H3,(H2,8,10). The Morgan fingerprint density at radius 2 is 2.20 bits per heavy atom. The molecule has 0 aliphatic heterocycles. The number of nitrogens with two attached hydrogens (primary N) is 2. The fourth-order valence-corrected chi connectivity index (χ4v) is 0.779. The molecule has 1 unspecified atom stereocenters. The third kappa shape index (κ3) is 2.23. The van der Waals surface area contributed by atoms with Crippen molar-refractivity contribution in [2.75, 3.05) is 13.6 Å². The second-order valence-electron chi connectivity index (χ2n) is 2.25. The van der Waals surface area contributed by atoms with Crippen molar-refractivity contribution in [3.63, 3.8) is 0 Å². The maximum Gasteiger partial charge on any atom is 0.314 e. The Bertz CT molecular complexity index is 112. The number of hydrogen-bond acceptors (Lipinski definition) is 2. The van der Waals surface area contributed by atoms with Crippen LogP contribution in [0.1, 0.15) is 13.3 Å². The molecule has 0 spiro atoms. The lowest BCUT2D eigenvalue weighted by atomic mass is 10.2. The average Bonchev–Trinajstić information content (AvgIpc) is 1.90. The van der Waals surface area contributed by atoms with E-state index in [0.29, 0.717) is 6.54 Å². The SMILES string of the molecule is CCC(CN)N(C)C(N)=O. The summed E-state index contributed by atoms with van der Waals surface area (Å²) in [5.41, 5.74) is 10.4. The van der Waals surface area contributed by atoms with Crippen LogP contribution in [0.3, 0.4) is 0 Å². The van der Waals surface area contributed by atoms with Crippen molar-refractivity contribution in [1.82, 2.24) is 4.90 Å². The molecule has 60 valence electrons. The maximum atomic E-state index is 10.6. The summed E-state index contributed by atoms with van der Waals surface area (Å²) in [5, 5.41) is 0. The number of amides is 2. The van der Waals surface area contributed by atoms with Gasteiger partial charge >= 0.3 is 6.03 Å². The zero-order chi connectivity index (χ0) is 8.15. The van der Waals surface area contributed by atoms with Gasteiger partial charge in [-0.05, 0) is 6.42 Å². The van der Waals surface area contributed by atoms with Crippen LogP contribution < -0.4 is 11.5 Å². The molecule has 0 radical (unpaired) electrons. The van der Waals surface area contributed by atoms with E-state index >= 15 is 0 Å². The van der Waals surface area contributed by atoms with E-state index in [1.54, 1.807) is 7.05 Å². The van der Waals surface area contributed by atoms with Crippen LogP contribution >= 0.6 is 0 Å². The molecule has 10 heavy (non-hydrogen) atoms. The lowest BCUT2D eigenvalue weighted by Crippen LogP contribution is -2.44. The molecule has 0 bridgehead atoms. The summed E-state index contributed by atoms with van der Waals surface area (Å²) < 4.78 is 0. The molecular weight excluding hydrogens is 130 g/mol. The van der Waals surface area contributed by atoms with Gasteiger partial charge in [-0.15, -0.1) is 0 Å². The molecule has 0 aromatic rings. The first-order valence-electron chi connectivity index (χ1n) is 3.35.